The van der Waals surface area contributed by atoms with Gasteiger partial charge in [0.15, 0.2) is 5.78 Å². The highest BCUT2D eigenvalue weighted by molar-refractivity contribution is 6.55. The summed E-state index contributed by atoms with van der Waals surface area (Å²) in [5.41, 5.74) is 2.11. The second-order valence-corrected chi connectivity index (χ2v) is 7.89. The summed E-state index contributed by atoms with van der Waals surface area (Å²) in [6.07, 6.45) is 1.51. The number of rotatable bonds is 1. The predicted molar refractivity (Wildman–Crippen MR) is 90.2 cm³/mol. The van der Waals surface area contributed by atoms with Crippen molar-refractivity contribution < 1.29 is 4.79 Å². The highest BCUT2D eigenvalue weighted by Crippen LogP contribution is 2.77. The van der Waals surface area contributed by atoms with E-state index in [4.69, 9.17) is 34.8 Å². The van der Waals surface area contributed by atoms with E-state index in [-0.39, 0.29) is 11.7 Å². The van der Waals surface area contributed by atoms with Crippen LogP contribution in [0, 0.1) is 5.41 Å². The molecule has 4 rings (SSSR count). The summed E-state index contributed by atoms with van der Waals surface area (Å²) < 4.78 is -1.05. The summed E-state index contributed by atoms with van der Waals surface area (Å²) in [5.74, 6) is -0.110. The third kappa shape index (κ3) is 1.76. The maximum atomic E-state index is 13.1. The maximum Gasteiger partial charge on any atom is 0.173 e. The fourth-order valence-electron chi connectivity index (χ4n) is 3.84. The molecular formula is C18H13Cl3O. The monoisotopic (exact) mass is 350 g/mol. The van der Waals surface area contributed by atoms with Gasteiger partial charge in [0.25, 0.3) is 0 Å². The fraction of sp³-hybridized carbons (Fsp3) is 0.278. The van der Waals surface area contributed by atoms with Crippen molar-refractivity contribution in [3.8, 4) is 0 Å². The van der Waals surface area contributed by atoms with E-state index in [0.29, 0.717) is 11.4 Å². The smallest absolute Gasteiger partial charge is 0.173 e. The SMILES string of the molecule is O=C1c2ccccc2CCC12C(c1ccc(Cl)cc1)C2(Cl)Cl. The first kappa shape index (κ1) is 14.6. The Morgan fingerprint density at radius 1 is 1.00 bits per heavy atom. The maximum absolute atomic E-state index is 13.1. The number of hydrogen-bond acceptors (Lipinski definition) is 1. The number of fused-ring (bicyclic) bond motifs is 1. The first-order valence-corrected chi connectivity index (χ1v) is 8.38. The van der Waals surface area contributed by atoms with Crippen LogP contribution >= 0.6 is 34.8 Å². The van der Waals surface area contributed by atoms with Gasteiger partial charge in [0.1, 0.15) is 4.33 Å². The molecule has 2 aliphatic carbocycles. The summed E-state index contributed by atoms with van der Waals surface area (Å²) in [4.78, 5) is 13.1. The highest BCUT2D eigenvalue weighted by Gasteiger charge is 2.80. The van der Waals surface area contributed by atoms with Gasteiger partial charge in [-0.25, -0.2) is 0 Å². The molecule has 1 saturated carbocycles. The van der Waals surface area contributed by atoms with Crippen LogP contribution in [-0.2, 0) is 6.42 Å². The molecule has 0 saturated heterocycles. The Hall–Kier alpha value is -1.02. The second kappa shape index (κ2) is 4.74. The Labute approximate surface area is 144 Å². The number of Topliss-reactive ketones (excluding diaryl/α,β-unsaturated/α-hetero) is 1. The second-order valence-electron chi connectivity index (χ2n) is 6.07. The van der Waals surface area contributed by atoms with Crippen LogP contribution in [0.2, 0.25) is 5.02 Å². The molecule has 112 valence electrons. The lowest BCUT2D eigenvalue weighted by molar-refractivity contribution is 0.0872. The molecule has 1 fully saturated rings. The number of ketones is 1. The van der Waals surface area contributed by atoms with Crippen molar-refractivity contribution >= 4 is 40.6 Å². The van der Waals surface area contributed by atoms with Crippen LogP contribution in [0.5, 0.6) is 0 Å². The average Bonchev–Trinajstić information content (AvgIpc) is 3.01. The lowest BCUT2D eigenvalue weighted by Gasteiger charge is -2.25. The van der Waals surface area contributed by atoms with Crippen molar-refractivity contribution in [1.82, 2.24) is 0 Å². The first-order chi connectivity index (χ1) is 10.5. The zero-order valence-electron chi connectivity index (χ0n) is 11.7. The zero-order chi connectivity index (χ0) is 15.5. The Kier molecular flexibility index (Phi) is 3.14. The van der Waals surface area contributed by atoms with Gasteiger partial charge in [-0.15, -0.1) is 0 Å². The zero-order valence-corrected chi connectivity index (χ0v) is 13.9. The molecule has 1 spiro atoms. The molecule has 0 aliphatic heterocycles. The van der Waals surface area contributed by atoms with Crippen LogP contribution in [0.4, 0.5) is 0 Å². The molecule has 2 aliphatic rings. The van der Waals surface area contributed by atoms with Crippen LogP contribution in [0.15, 0.2) is 48.5 Å². The van der Waals surface area contributed by atoms with Crippen molar-refractivity contribution in [3.05, 3.63) is 70.2 Å². The molecule has 0 N–H and O–H groups in total. The Balaban J connectivity index is 1.79. The summed E-state index contributed by atoms with van der Waals surface area (Å²) in [5, 5.41) is 0.661. The third-order valence-electron chi connectivity index (χ3n) is 5.03. The lowest BCUT2D eigenvalue weighted by Crippen LogP contribution is -2.29. The summed E-state index contributed by atoms with van der Waals surface area (Å²) in [6.45, 7) is 0. The van der Waals surface area contributed by atoms with Crippen molar-refractivity contribution in [3.63, 3.8) is 0 Å². The van der Waals surface area contributed by atoms with E-state index >= 15 is 0 Å². The quantitative estimate of drug-likeness (QED) is 0.626. The molecule has 0 aromatic heterocycles. The van der Waals surface area contributed by atoms with Crippen molar-refractivity contribution in [1.29, 1.82) is 0 Å². The Morgan fingerprint density at radius 2 is 1.68 bits per heavy atom. The molecule has 2 aromatic rings. The third-order valence-corrected chi connectivity index (χ3v) is 6.39. The van der Waals surface area contributed by atoms with Gasteiger partial charge in [-0.2, -0.15) is 0 Å². The summed E-state index contributed by atoms with van der Waals surface area (Å²) in [7, 11) is 0. The van der Waals surface area contributed by atoms with Gasteiger partial charge in [-0.05, 0) is 36.1 Å². The molecule has 0 radical (unpaired) electrons. The number of carbonyl (C=O) groups is 1. The molecule has 0 bridgehead atoms. The van der Waals surface area contributed by atoms with E-state index in [1.807, 2.05) is 48.5 Å². The molecule has 4 heteroatoms. The highest BCUT2D eigenvalue weighted by atomic mass is 35.5. The topological polar surface area (TPSA) is 17.1 Å². The molecule has 0 heterocycles. The van der Waals surface area contributed by atoms with Crippen molar-refractivity contribution in [2.24, 2.45) is 5.41 Å². The summed E-state index contributed by atoms with van der Waals surface area (Å²) in [6, 6.07) is 15.2. The number of aryl methyl sites for hydroxylation is 1. The minimum Gasteiger partial charge on any atom is -0.293 e. The molecule has 0 amide bonds. The van der Waals surface area contributed by atoms with Crippen LogP contribution in [0.1, 0.15) is 33.8 Å². The molecule has 2 atom stereocenters. The number of carbonyl (C=O) groups excluding carboxylic acids is 1. The molecule has 1 nitrogen and oxygen atoms in total. The lowest BCUT2D eigenvalue weighted by atomic mass is 9.78. The molecule has 22 heavy (non-hydrogen) atoms. The molecular weight excluding hydrogens is 339 g/mol. The van der Waals surface area contributed by atoms with Crippen LogP contribution in [0.25, 0.3) is 0 Å². The number of alkyl halides is 2. The van der Waals surface area contributed by atoms with E-state index in [1.165, 1.54) is 0 Å². The van der Waals surface area contributed by atoms with Crippen molar-refractivity contribution in [2.45, 2.75) is 23.1 Å². The van der Waals surface area contributed by atoms with E-state index < -0.39 is 9.75 Å². The fourth-order valence-corrected chi connectivity index (χ4v) is 5.06. The van der Waals surface area contributed by atoms with Gasteiger partial charge in [0.2, 0.25) is 0 Å². The molecule has 2 unspecified atom stereocenters. The van der Waals surface area contributed by atoms with E-state index in [1.54, 1.807) is 0 Å². The van der Waals surface area contributed by atoms with E-state index in [0.717, 1.165) is 23.1 Å². The minimum absolute atomic E-state index is 0.0688. The molecule has 2 aromatic carbocycles. The number of hydrogen-bond donors (Lipinski definition) is 0. The standard InChI is InChI=1S/C18H13Cl3O/c19-13-7-5-12(6-8-13)15-17(18(15,20)21)10-9-11-3-1-2-4-14(11)16(17)22/h1-8,15H,9-10H2. The van der Waals surface area contributed by atoms with E-state index in [9.17, 15) is 4.79 Å². The van der Waals surface area contributed by atoms with Gasteiger partial charge < -0.3 is 0 Å². The van der Waals surface area contributed by atoms with Crippen LogP contribution < -0.4 is 0 Å². The normalized spacial score (nSPS) is 28.5. The Morgan fingerprint density at radius 3 is 2.41 bits per heavy atom. The van der Waals surface area contributed by atoms with Gasteiger partial charge in [0.05, 0.1) is 5.41 Å². The van der Waals surface area contributed by atoms with Crippen LogP contribution in [-0.4, -0.2) is 10.1 Å². The van der Waals surface area contributed by atoms with Crippen molar-refractivity contribution in [2.75, 3.05) is 0 Å². The largest absolute Gasteiger partial charge is 0.293 e. The van der Waals surface area contributed by atoms with Crippen LogP contribution in [0.3, 0.4) is 0 Å². The van der Waals surface area contributed by atoms with E-state index in [2.05, 4.69) is 0 Å². The predicted octanol–water partition coefficient (Wildman–Crippen LogP) is 5.43. The summed E-state index contributed by atoms with van der Waals surface area (Å²) >= 11 is 19.1. The number of halogens is 3. The number of benzene rings is 2. The van der Waals surface area contributed by atoms with Gasteiger partial charge in [-0.3, -0.25) is 4.79 Å². The minimum atomic E-state index is -1.05. The Bertz CT molecular complexity index is 766. The van der Waals surface area contributed by atoms with Gasteiger partial charge in [0, 0.05) is 16.5 Å². The average molecular weight is 352 g/mol. The van der Waals surface area contributed by atoms with Gasteiger partial charge in [-0.1, -0.05) is 71.2 Å². The first-order valence-electron chi connectivity index (χ1n) is 7.24. The van der Waals surface area contributed by atoms with Gasteiger partial charge >= 0.3 is 0 Å².